The molecule has 20 heavy (non-hydrogen) atoms. The number of nitrogens with one attached hydrogen (secondary N) is 2. The van der Waals surface area contributed by atoms with Gasteiger partial charge in [-0.25, -0.2) is 9.78 Å². The Morgan fingerprint density at radius 1 is 1.40 bits per heavy atom. The second-order valence-corrected chi connectivity index (χ2v) is 5.00. The van der Waals surface area contributed by atoms with E-state index in [9.17, 15) is 4.79 Å². The summed E-state index contributed by atoms with van der Waals surface area (Å²) in [6, 6.07) is 5.89. The van der Waals surface area contributed by atoms with Crippen LogP contribution in [0.5, 0.6) is 11.5 Å². The topological polar surface area (TPSA) is 83.5 Å². The first-order valence-electron chi connectivity index (χ1n) is 5.98. The molecule has 0 bridgehead atoms. The molecule has 2 aromatic rings. The van der Waals surface area contributed by atoms with E-state index in [1.807, 2.05) is 12.3 Å². The Morgan fingerprint density at radius 2 is 2.10 bits per heavy atom. The average Bonchev–Trinajstić information content (AvgIpc) is 2.77. The maximum Gasteiger partial charge on any atom is 0.323 e. The van der Waals surface area contributed by atoms with Gasteiger partial charge in [0.1, 0.15) is 11.5 Å². The first kappa shape index (κ1) is 14.1. The van der Waals surface area contributed by atoms with Gasteiger partial charge in [0.2, 0.25) is 0 Å². The molecule has 0 aliphatic carbocycles. The van der Waals surface area contributed by atoms with E-state index in [0.717, 1.165) is 5.69 Å². The lowest BCUT2D eigenvalue weighted by molar-refractivity contribution is 0.183. The number of rotatable bonds is 4. The van der Waals surface area contributed by atoms with Crippen LogP contribution < -0.4 is 15.4 Å². The first-order valence-corrected chi connectivity index (χ1v) is 6.86. The molecule has 0 radical (unpaired) electrons. The van der Waals surface area contributed by atoms with Crippen molar-refractivity contribution < 1.29 is 14.6 Å². The summed E-state index contributed by atoms with van der Waals surface area (Å²) in [5.74, 6) is 0.718. The van der Waals surface area contributed by atoms with Crippen molar-refractivity contribution in [3.05, 3.63) is 35.3 Å². The third kappa shape index (κ3) is 4.13. The van der Waals surface area contributed by atoms with Gasteiger partial charge in [-0.15, -0.1) is 11.3 Å². The quantitative estimate of drug-likeness (QED) is 0.757. The number of aryl methyl sites for hydroxylation is 1. The number of hydrogen-bond donors (Lipinski definition) is 3. The fraction of sp³-hybridized carbons (Fsp3) is 0.231. The number of hydrogen-bond acceptors (Lipinski definition) is 5. The number of phenols is 1. The minimum absolute atomic E-state index is 0.162. The summed E-state index contributed by atoms with van der Waals surface area (Å²) in [5, 5.41) is 16.8. The molecule has 1 heterocycles. The zero-order chi connectivity index (χ0) is 14.5. The predicted octanol–water partition coefficient (Wildman–Crippen LogP) is 2.70. The molecule has 1 unspecified atom stereocenters. The molecule has 7 heteroatoms. The average molecular weight is 293 g/mol. The van der Waals surface area contributed by atoms with Crippen molar-refractivity contribution in [2.45, 2.75) is 20.1 Å². The fourth-order valence-corrected chi connectivity index (χ4v) is 2.17. The van der Waals surface area contributed by atoms with Gasteiger partial charge < -0.3 is 15.2 Å². The number of benzene rings is 1. The van der Waals surface area contributed by atoms with Crippen LogP contribution in [0.15, 0.2) is 29.6 Å². The number of phenolic OH excluding ortho intramolecular Hbond substituents is 1. The van der Waals surface area contributed by atoms with Gasteiger partial charge in [-0.1, -0.05) is 0 Å². The van der Waals surface area contributed by atoms with Gasteiger partial charge in [-0.3, -0.25) is 5.32 Å². The number of ether oxygens (including phenoxy) is 1. The Balaban J connectivity index is 1.83. The Hall–Kier alpha value is -2.28. The molecule has 0 aliphatic rings. The smallest absolute Gasteiger partial charge is 0.323 e. The van der Waals surface area contributed by atoms with E-state index in [4.69, 9.17) is 9.84 Å². The van der Waals surface area contributed by atoms with Crippen LogP contribution in [-0.4, -0.2) is 22.3 Å². The number of aromatic nitrogens is 1. The van der Waals surface area contributed by atoms with Crippen molar-refractivity contribution in [1.82, 2.24) is 10.3 Å². The molecule has 0 fully saturated rings. The highest BCUT2D eigenvalue weighted by Crippen LogP contribution is 2.17. The molecule has 0 saturated carbocycles. The summed E-state index contributed by atoms with van der Waals surface area (Å²) >= 11 is 1.36. The number of anilines is 1. The maximum atomic E-state index is 11.7. The molecule has 3 N–H and O–H groups in total. The Morgan fingerprint density at radius 3 is 2.70 bits per heavy atom. The normalized spacial score (nSPS) is 11.7. The van der Waals surface area contributed by atoms with Gasteiger partial charge >= 0.3 is 6.03 Å². The van der Waals surface area contributed by atoms with E-state index in [-0.39, 0.29) is 11.8 Å². The predicted molar refractivity (Wildman–Crippen MR) is 77.2 cm³/mol. The molecular formula is C13H15N3O3S. The molecule has 0 aliphatic heterocycles. The van der Waals surface area contributed by atoms with Crippen molar-refractivity contribution in [3.8, 4) is 11.5 Å². The van der Waals surface area contributed by atoms with Gasteiger partial charge in [0, 0.05) is 5.38 Å². The summed E-state index contributed by atoms with van der Waals surface area (Å²) in [7, 11) is 0. The van der Waals surface area contributed by atoms with Crippen LogP contribution in [0.1, 0.15) is 12.6 Å². The summed E-state index contributed by atoms with van der Waals surface area (Å²) in [6.07, 6.45) is -0.513. The van der Waals surface area contributed by atoms with Gasteiger partial charge in [-0.2, -0.15) is 0 Å². The Labute approximate surface area is 120 Å². The molecule has 1 aromatic carbocycles. The van der Waals surface area contributed by atoms with Crippen LogP contribution in [-0.2, 0) is 0 Å². The number of aromatic hydroxyl groups is 1. The van der Waals surface area contributed by atoms with Crippen LogP contribution in [0.25, 0.3) is 0 Å². The first-order chi connectivity index (χ1) is 9.52. The number of carbonyl (C=O) groups excluding carboxylic acids is 1. The zero-order valence-corrected chi connectivity index (χ0v) is 11.9. The van der Waals surface area contributed by atoms with E-state index in [1.54, 1.807) is 19.1 Å². The molecule has 2 amide bonds. The summed E-state index contributed by atoms with van der Waals surface area (Å²) in [5.41, 5.74) is 0.860. The Bertz CT molecular complexity index is 583. The second-order valence-electron chi connectivity index (χ2n) is 4.15. The molecule has 0 spiro atoms. The number of nitrogens with zero attached hydrogens (tertiary/aromatic N) is 1. The number of thiazole rings is 1. The van der Waals surface area contributed by atoms with Gasteiger partial charge in [0.15, 0.2) is 11.4 Å². The number of carbonyl (C=O) groups is 1. The highest BCUT2D eigenvalue weighted by molar-refractivity contribution is 7.13. The lowest BCUT2D eigenvalue weighted by Gasteiger charge is -2.16. The molecule has 106 valence electrons. The number of amides is 2. The van der Waals surface area contributed by atoms with E-state index < -0.39 is 6.23 Å². The molecule has 0 saturated heterocycles. The lowest BCUT2D eigenvalue weighted by Crippen LogP contribution is -2.39. The molecule has 2 rings (SSSR count). The SMILES string of the molecule is Cc1csc(NC(=O)NC(C)Oc2ccc(O)cc2)n1. The van der Waals surface area contributed by atoms with Crippen molar-refractivity contribution in [1.29, 1.82) is 0 Å². The second kappa shape index (κ2) is 6.25. The largest absolute Gasteiger partial charge is 0.508 e. The Kier molecular flexibility index (Phi) is 4.41. The third-order valence-corrected chi connectivity index (χ3v) is 3.20. The third-order valence-electron chi connectivity index (χ3n) is 2.32. The molecule has 6 nitrogen and oxygen atoms in total. The maximum absolute atomic E-state index is 11.7. The van der Waals surface area contributed by atoms with E-state index >= 15 is 0 Å². The highest BCUT2D eigenvalue weighted by Gasteiger charge is 2.10. The number of urea groups is 1. The monoisotopic (exact) mass is 293 g/mol. The van der Waals surface area contributed by atoms with E-state index in [2.05, 4.69) is 15.6 Å². The van der Waals surface area contributed by atoms with Crippen LogP contribution in [0.4, 0.5) is 9.93 Å². The van der Waals surface area contributed by atoms with Crippen molar-refractivity contribution in [3.63, 3.8) is 0 Å². The van der Waals surface area contributed by atoms with Crippen LogP contribution in [0, 0.1) is 6.92 Å². The van der Waals surface area contributed by atoms with E-state index in [1.165, 1.54) is 23.5 Å². The van der Waals surface area contributed by atoms with Gasteiger partial charge in [-0.05, 0) is 38.1 Å². The molecule has 1 aromatic heterocycles. The van der Waals surface area contributed by atoms with Gasteiger partial charge in [0.05, 0.1) is 5.69 Å². The molecular weight excluding hydrogens is 278 g/mol. The van der Waals surface area contributed by atoms with Gasteiger partial charge in [0.25, 0.3) is 0 Å². The van der Waals surface area contributed by atoms with Crippen molar-refractivity contribution >= 4 is 22.5 Å². The standard InChI is InChI=1S/C13H15N3O3S/c1-8-7-20-13(14-8)16-12(18)15-9(2)19-11-5-3-10(17)4-6-11/h3-7,9,17H,1-2H3,(H2,14,15,16,18). The molecule has 1 atom stereocenters. The minimum Gasteiger partial charge on any atom is -0.508 e. The summed E-state index contributed by atoms with van der Waals surface area (Å²) in [6.45, 7) is 3.57. The minimum atomic E-state index is -0.513. The van der Waals surface area contributed by atoms with Crippen LogP contribution >= 0.6 is 11.3 Å². The highest BCUT2D eigenvalue weighted by atomic mass is 32.1. The lowest BCUT2D eigenvalue weighted by atomic mass is 10.3. The van der Waals surface area contributed by atoms with Crippen molar-refractivity contribution in [2.75, 3.05) is 5.32 Å². The van der Waals surface area contributed by atoms with Crippen LogP contribution in [0.2, 0.25) is 0 Å². The zero-order valence-electron chi connectivity index (χ0n) is 11.1. The summed E-state index contributed by atoms with van der Waals surface area (Å²) in [4.78, 5) is 15.8. The fourth-order valence-electron chi connectivity index (χ4n) is 1.49. The summed E-state index contributed by atoms with van der Waals surface area (Å²) < 4.78 is 5.48. The van der Waals surface area contributed by atoms with Crippen molar-refractivity contribution in [2.24, 2.45) is 0 Å². The van der Waals surface area contributed by atoms with Crippen LogP contribution in [0.3, 0.4) is 0 Å². The van der Waals surface area contributed by atoms with E-state index in [0.29, 0.717) is 10.9 Å².